The maximum absolute atomic E-state index is 14.0. The summed E-state index contributed by atoms with van der Waals surface area (Å²) in [6, 6.07) is 13.9. The molecule has 1 saturated carbocycles. The van der Waals surface area contributed by atoms with Crippen LogP contribution in [0.15, 0.2) is 53.3 Å². The number of nitrogens with zero attached hydrogens (tertiary/aromatic N) is 2. The molecule has 3 aromatic rings. The second kappa shape index (κ2) is 7.84. The lowest BCUT2D eigenvalue weighted by molar-refractivity contribution is 0.186. The summed E-state index contributed by atoms with van der Waals surface area (Å²) in [4.78, 5) is 20.2. The maximum Gasteiger partial charge on any atom is 0.259 e. The van der Waals surface area contributed by atoms with Gasteiger partial charge in [-0.2, -0.15) is 0 Å². The highest BCUT2D eigenvalue weighted by atomic mass is 19.1. The van der Waals surface area contributed by atoms with Gasteiger partial charge in [-0.25, -0.2) is 8.78 Å². The van der Waals surface area contributed by atoms with E-state index in [0.29, 0.717) is 17.3 Å². The molecule has 2 aromatic carbocycles. The Bertz CT molecular complexity index is 1100. The van der Waals surface area contributed by atoms with Crippen LogP contribution >= 0.6 is 0 Å². The van der Waals surface area contributed by atoms with Crippen molar-refractivity contribution in [3.8, 4) is 0 Å². The quantitative estimate of drug-likeness (QED) is 0.703. The van der Waals surface area contributed by atoms with Gasteiger partial charge in [-0.3, -0.25) is 9.69 Å². The number of rotatable bonds is 3. The number of hydrogen-bond acceptors (Lipinski definition) is 3. The molecule has 30 heavy (non-hydrogen) atoms. The van der Waals surface area contributed by atoms with Crippen LogP contribution in [0.2, 0.25) is 0 Å². The molecule has 0 radical (unpaired) electrons. The van der Waals surface area contributed by atoms with Gasteiger partial charge < -0.3 is 9.88 Å². The van der Waals surface area contributed by atoms with E-state index in [1.54, 1.807) is 12.1 Å². The number of halogens is 2. The van der Waals surface area contributed by atoms with E-state index in [1.807, 2.05) is 18.2 Å². The molecule has 0 spiro atoms. The third-order valence-electron chi connectivity index (χ3n) is 6.71. The SMILES string of the molecule is O=c1[nH]c(C2CCC(N3CCN(c4ccc(F)cc4)CC3)C2)cc2cccc(F)c12. The van der Waals surface area contributed by atoms with Gasteiger partial charge in [-0.1, -0.05) is 12.1 Å². The zero-order valence-electron chi connectivity index (χ0n) is 16.8. The molecule has 1 aliphatic carbocycles. The Labute approximate surface area is 174 Å². The van der Waals surface area contributed by atoms with Gasteiger partial charge in [0, 0.05) is 49.5 Å². The minimum absolute atomic E-state index is 0.146. The second-order valence-corrected chi connectivity index (χ2v) is 8.42. The summed E-state index contributed by atoms with van der Waals surface area (Å²) in [6.07, 6.45) is 3.14. The topological polar surface area (TPSA) is 39.3 Å². The second-order valence-electron chi connectivity index (χ2n) is 8.42. The van der Waals surface area contributed by atoms with Crippen LogP contribution in [0.1, 0.15) is 30.9 Å². The fourth-order valence-electron chi connectivity index (χ4n) is 5.09. The van der Waals surface area contributed by atoms with Crippen molar-refractivity contribution in [2.45, 2.75) is 31.2 Å². The Balaban J connectivity index is 1.25. The van der Waals surface area contributed by atoms with E-state index in [-0.39, 0.29) is 16.8 Å². The van der Waals surface area contributed by atoms with Gasteiger partial charge in [0.05, 0.1) is 5.39 Å². The summed E-state index contributed by atoms with van der Waals surface area (Å²) in [6.45, 7) is 3.82. The number of nitrogens with one attached hydrogen (secondary N) is 1. The highest BCUT2D eigenvalue weighted by molar-refractivity contribution is 5.82. The lowest BCUT2D eigenvalue weighted by atomic mass is 10.00. The molecule has 0 amide bonds. The van der Waals surface area contributed by atoms with Crippen LogP contribution < -0.4 is 10.5 Å². The number of aromatic amines is 1. The van der Waals surface area contributed by atoms with Gasteiger partial charge in [-0.05, 0) is 61.0 Å². The zero-order chi connectivity index (χ0) is 20.7. The molecule has 1 saturated heterocycles. The van der Waals surface area contributed by atoms with E-state index < -0.39 is 5.82 Å². The Hall–Kier alpha value is -2.73. The normalized spacial score (nSPS) is 22.7. The van der Waals surface area contributed by atoms with E-state index in [0.717, 1.165) is 56.8 Å². The van der Waals surface area contributed by atoms with Crippen LogP contribution in [0.4, 0.5) is 14.5 Å². The summed E-state index contributed by atoms with van der Waals surface area (Å²) >= 11 is 0. The molecule has 1 aliphatic heterocycles. The number of benzene rings is 2. The fraction of sp³-hybridized carbons (Fsp3) is 0.375. The highest BCUT2D eigenvalue weighted by Crippen LogP contribution is 2.37. The van der Waals surface area contributed by atoms with Crippen LogP contribution in [0, 0.1) is 11.6 Å². The third-order valence-corrected chi connectivity index (χ3v) is 6.71. The van der Waals surface area contributed by atoms with Crippen molar-refractivity contribution in [2.75, 3.05) is 31.1 Å². The molecule has 156 valence electrons. The first-order valence-corrected chi connectivity index (χ1v) is 10.6. The number of H-pyrrole nitrogens is 1. The van der Waals surface area contributed by atoms with Gasteiger partial charge in [0.1, 0.15) is 11.6 Å². The molecule has 2 aliphatic rings. The first-order chi connectivity index (χ1) is 14.6. The largest absolute Gasteiger partial charge is 0.369 e. The van der Waals surface area contributed by atoms with Gasteiger partial charge in [-0.15, -0.1) is 0 Å². The van der Waals surface area contributed by atoms with Gasteiger partial charge in [0.25, 0.3) is 5.56 Å². The first kappa shape index (κ1) is 19.2. The Morgan fingerprint density at radius 2 is 1.70 bits per heavy atom. The minimum Gasteiger partial charge on any atom is -0.369 e. The maximum atomic E-state index is 14.0. The van der Waals surface area contributed by atoms with E-state index in [4.69, 9.17) is 0 Å². The molecule has 6 heteroatoms. The number of aromatic nitrogens is 1. The van der Waals surface area contributed by atoms with E-state index in [1.165, 1.54) is 18.2 Å². The van der Waals surface area contributed by atoms with Crippen LogP contribution in [0.25, 0.3) is 10.8 Å². The first-order valence-electron chi connectivity index (χ1n) is 10.6. The Morgan fingerprint density at radius 3 is 2.47 bits per heavy atom. The summed E-state index contributed by atoms with van der Waals surface area (Å²) in [5, 5.41) is 0.817. The van der Waals surface area contributed by atoms with Gasteiger partial charge >= 0.3 is 0 Å². The molecule has 1 aromatic heterocycles. The van der Waals surface area contributed by atoms with Crippen molar-refractivity contribution in [3.63, 3.8) is 0 Å². The fourth-order valence-corrected chi connectivity index (χ4v) is 5.09. The molecule has 4 nitrogen and oxygen atoms in total. The lowest BCUT2D eigenvalue weighted by Crippen LogP contribution is -2.49. The zero-order valence-corrected chi connectivity index (χ0v) is 16.8. The van der Waals surface area contributed by atoms with Crippen molar-refractivity contribution >= 4 is 16.5 Å². The average molecular weight is 409 g/mol. The third kappa shape index (κ3) is 3.60. The number of hydrogen-bond donors (Lipinski definition) is 1. The number of anilines is 1. The van der Waals surface area contributed by atoms with Crippen molar-refractivity contribution in [2.24, 2.45) is 0 Å². The molecular formula is C24H25F2N3O. The monoisotopic (exact) mass is 409 g/mol. The summed E-state index contributed by atoms with van der Waals surface area (Å²) in [5.41, 5.74) is 1.66. The van der Waals surface area contributed by atoms with Crippen molar-refractivity contribution in [1.82, 2.24) is 9.88 Å². The van der Waals surface area contributed by atoms with Crippen molar-refractivity contribution in [1.29, 1.82) is 0 Å². The lowest BCUT2D eigenvalue weighted by Gasteiger charge is -2.39. The van der Waals surface area contributed by atoms with Crippen molar-refractivity contribution < 1.29 is 8.78 Å². The van der Waals surface area contributed by atoms with Crippen LogP contribution in [-0.2, 0) is 0 Å². The predicted octanol–water partition coefficient (Wildman–Crippen LogP) is 4.26. The summed E-state index contributed by atoms with van der Waals surface area (Å²) in [7, 11) is 0. The van der Waals surface area contributed by atoms with E-state index in [9.17, 15) is 13.6 Å². The average Bonchev–Trinajstić information content (AvgIpc) is 3.25. The molecule has 1 N–H and O–H groups in total. The van der Waals surface area contributed by atoms with E-state index in [2.05, 4.69) is 14.8 Å². The Kier molecular flexibility index (Phi) is 5.03. The number of fused-ring (bicyclic) bond motifs is 1. The molecular weight excluding hydrogens is 384 g/mol. The van der Waals surface area contributed by atoms with Gasteiger partial charge in [0.15, 0.2) is 0 Å². The predicted molar refractivity (Wildman–Crippen MR) is 115 cm³/mol. The molecule has 2 heterocycles. The standard InChI is InChI=1S/C24H25F2N3O/c25-18-5-8-19(9-6-18)28-10-12-29(13-11-28)20-7-4-16(14-20)22-15-17-2-1-3-21(26)23(17)24(30)27-22/h1-3,5-6,8-9,15-16,20H,4,7,10-14H2,(H,27,30). The smallest absolute Gasteiger partial charge is 0.259 e. The molecule has 2 atom stereocenters. The number of piperazine rings is 1. The van der Waals surface area contributed by atoms with Gasteiger partial charge in [0.2, 0.25) is 0 Å². The van der Waals surface area contributed by atoms with Crippen LogP contribution in [0.3, 0.4) is 0 Å². The highest BCUT2D eigenvalue weighted by Gasteiger charge is 2.32. The summed E-state index contributed by atoms with van der Waals surface area (Å²) < 4.78 is 27.1. The van der Waals surface area contributed by atoms with E-state index >= 15 is 0 Å². The number of pyridine rings is 1. The molecule has 0 bridgehead atoms. The molecule has 2 unspecified atom stereocenters. The van der Waals surface area contributed by atoms with Crippen molar-refractivity contribution in [3.05, 3.63) is 76.2 Å². The molecule has 5 rings (SSSR count). The van der Waals surface area contributed by atoms with Crippen LogP contribution in [-0.4, -0.2) is 42.1 Å². The Morgan fingerprint density at radius 1 is 0.933 bits per heavy atom. The minimum atomic E-state index is -0.469. The molecule has 2 fully saturated rings. The summed E-state index contributed by atoms with van der Waals surface area (Å²) in [5.74, 6) is -0.377. The van der Waals surface area contributed by atoms with Crippen LogP contribution in [0.5, 0.6) is 0 Å².